The van der Waals surface area contributed by atoms with Gasteiger partial charge in [-0.05, 0) is 43.4 Å². The van der Waals surface area contributed by atoms with Gasteiger partial charge in [0.05, 0.1) is 5.69 Å². The second kappa shape index (κ2) is 6.43. The summed E-state index contributed by atoms with van der Waals surface area (Å²) < 4.78 is 29.5. The summed E-state index contributed by atoms with van der Waals surface area (Å²) in [6.45, 7) is 2.85. The van der Waals surface area contributed by atoms with Gasteiger partial charge >= 0.3 is 10.2 Å². The van der Waals surface area contributed by atoms with E-state index in [0.29, 0.717) is 18.8 Å². The highest BCUT2D eigenvalue weighted by molar-refractivity contribution is 9.10. The summed E-state index contributed by atoms with van der Waals surface area (Å²) in [6.07, 6.45) is 1.66. The van der Waals surface area contributed by atoms with Crippen molar-refractivity contribution in [2.75, 3.05) is 24.4 Å². The van der Waals surface area contributed by atoms with Crippen LogP contribution >= 0.6 is 15.9 Å². The van der Waals surface area contributed by atoms with Crippen molar-refractivity contribution in [1.29, 1.82) is 0 Å². The van der Waals surface area contributed by atoms with Gasteiger partial charge in [0.1, 0.15) is 0 Å². The zero-order valence-corrected chi connectivity index (χ0v) is 13.7. The molecule has 2 N–H and O–H groups in total. The van der Waals surface area contributed by atoms with Crippen molar-refractivity contribution in [3.63, 3.8) is 0 Å². The largest absolute Gasteiger partial charge is 0.396 e. The third-order valence-corrected chi connectivity index (χ3v) is 5.86. The molecule has 1 aliphatic rings. The summed E-state index contributed by atoms with van der Waals surface area (Å²) in [5.41, 5.74) is 1.58. The zero-order chi connectivity index (χ0) is 14.8. The van der Waals surface area contributed by atoms with Gasteiger partial charge in [-0.3, -0.25) is 4.72 Å². The second-order valence-electron chi connectivity index (χ2n) is 5.12. The molecule has 0 aliphatic carbocycles. The number of nitrogens with one attached hydrogen (secondary N) is 1. The van der Waals surface area contributed by atoms with Gasteiger partial charge in [0, 0.05) is 24.2 Å². The second-order valence-corrected chi connectivity index (χ2v) is 7.64. The van der Waals surface area contributed by atoms with Crippen LogP contribution in [0.3, 0.4) is 0 Å². The first kappa shape index (κ1) is 15.8. The van der Waals surface area contributed by atoms with Crippen LogP contribution in [0.2, 0.25) is 0 Å². The molecule has 1 aliphatic heterocycles. The smallest absolute Gasteiger partial charge is 0.301 e. The molecule has 0 saturated carbocycles. The van der Waals surface area contributed by atoms with E-state index in [-0.39, 0.29) is 12.5 Å². The average molecular weight is 363 g/mol. The number of hydrogen-bond acceptors (Lipinski definition) is 3. The molecule has 0 bridgehead atoms. The number of rotatable bonds is 4. The summed E-state index contributed by atoms with van der Waals surface area (Å²) in [5.74, 6) is 0.0325. The molecule has 1 atom stereocenters. The number of piperidine rings is 1. The lowest BCUT2D eigenvalue weighted by Crippen LogP contribution is -2.43. The van der Waals surface area contributed by atoms with Crippen molar-refractivity contribution in [3.8, 4) is 0 Å². The van der Waals surface area contributed by atoms with Crippen molar-refractivity contribution in [2.24, 2.45) is 5.92 Å². The lowest BCUT2D eigenvalue weighted by Gasteiger charge is -2.31. The molecule has 0 spiro atoms. The Morgan fingerprint density at radius 3 is 2.90 bits per heavy atom. The topological polar surface area (TPSA) is 69.6 Å². The maximum atomic E-state index is 12.3. The first-order valence-corrected chi connectivity index (χ1v) is 8.80. The van der Waals surface area contributed by atoms with Crippen LogP contribution in [0.4, 0.5) is 5.69 Å². The van der Waals surface area contributed by atoms with Gasteiger partial charge in [-0.15, -0.1) is 0 Å². The summed E-state index contributed by atoms with van der Waals surface area (Å²) >= 11 is 3.39. The van der Waals surface area contributed by atoms with E-state index >= 15 is 0 Å². The summed E-state index contributed by atoms with van der Waals surface area (Å²) in [6, 6.07) is 5.35. The van der Waals surface area contributed by atoms with Crippen LogP contribution in [0.1, 0.15) is 18.4 Å². The Balaban J connectivity index is 2.12. The van der Waals surface area contributed by atoms with Gasteiger partial charge in [-0.25, -0.2) is 0 Å². The number of aliphatic hydroxyl groups is 1. The fraction of sp³-hybridized carbons (Fsp3) is 0.538. The number of halogens is 1. The van der Waals surface area contributed by atoms with Crippen LogP contribution in [-0.2, 0) is 10.2 Å². The van der Waals surface area contributed by atoms with Gasteiger partial charge < -0.3 is 5.11 Å². The van der Waals surface area contributed by atoms with Crippen LogP contribution in [0, 0.1) is 12.8 Å². The highest BCUT2D eigenvalue weighted by Crippen LogP contribution is 2.24. The maximum absolute atomic E-state index is 12.3. The number of nitrogens with zero attached hydrogens (tertiary/aromatic N) is 1. The lowest BCUT2D eigenvalue weighted by atomic mass is 10.0. The van der Waals surface area contributed by atoms with Crippen LogP contribution in [0.25, 0.3) is 0 Å². The molecule has 0 aromatic heterocycles. The molecule has 1 heterocycles. The molecule has 0 amide bonds. The third kappa shape index (κ3) is 3.72. The molecule has 2 rings (SSSR count). The Kier molecular flexibility index (Phi) is 5.06. The predicted molar refractivity (Wildman–Crippen MR) is 82.8 cm³/mol. The number of benzene rings is 1. The molecular weight excluding hydrogens is 344 g/mol. The third-order valence-electron chi connectivity index (χ3n) is 3.50. The van der Waals surface area contributed by atoms with Gasteiger partial charge in [0.2, 0.25) is 0 Å². The molecule has 1 saturated heterocycles. The van der Waals surface area contributed by atoms with E-state index in [4.69, 9.17) is 0 Å². The Morgan fingerprint density at radius 2 is 2.25 bits per heavy atom. The quantitative estimate of drug-likeness (QED) is 0.861. The molecule has 1 unspecified atom stereocenters. The summed E-state index contributed by atoms with van der Waals surface area (Å²) in [7, 11) is -3.56. The van der Waals surface area contributed by atoms with E-state index in [2.05, 4.69) is 20.7 Å². The van der Waals surface area contributed by atoms with E-state index in [0.717, 1.165) is 22.9 Å². The Bertz CT molecular complexity index is 577. The molecule has 1 aromatic carbocycles. The lowest BCUT2D eigenvalue weighted by molar-refractivity contribution is 0.166. The number of hydrogen-bond donors (Lipinski definition) is 2. The fourth-order valence-electron chi connectivity index (χ4n) is 2.26. The molecule has 0 radical (unpaired) electrons. The van der Waals surface area contributed by atoms with Crippen molar-refractivity contribution >= 4 is 31.8 Å². The first-order valence-electron chi connectivity index (χ1n) is 6.57. The Hall–Kier alpha value is -0.630. The van der Waals surface area contributed by atoms with Gasteiger partial charge in [-0.2, -0.15) is 12.7 Å². The van der Waals surface area contributed by atoms with Crippen molar-refractivity contribution in [1.82, 2.24) is 4.31 Å². The monoisotopic (exact) mass is 362 g/mol. The summed E-state index contributed by atoms with van der Waals surface area (Å²) in [4.78, 5) is 0. The van der Waals surface area contributed by atoms with E-state index in [1.54, 1.807) is 12.1 Å². The van der Waals surface area contributed by atoms with Gasteiger partial charge in [-0.1, -0.05) is 22.0 Å². The normalized spacial score (nSPS) is 20.9. The Morgan fingerprint density at radius 1 is 1.50 bits per heavy atom. The molecule has 7 heteroatoms. The zero-order valence-electron chi connectivity index (χ0n) is 11.3. The van der Waals surface area contributed by atoms with E-state index in [1.807, 2.05) is 13.0 Å². The molecule has 1 fully saturated rings. The molecule has 5 nitrogen and oxygen atoms in total. The fourth-order valence-corrected chi connectivity index (χ4v) is 3.97. The van der Waals surface area contributed by atoms with Crippen molar-refractivity contribution < 1.29 is 13.5 Å². The van der Waals surface area contributed by atoms with E-state index < -0.39 is 10.2 Å². The minimum Gasteiger partial charge on any atom is -0.396 e. The van der Waals surface area contributed by atoms with E-state index in [9.17, 15) is 13.5 Å². The minimum atomic E-state index is -3.56. The SMILES string of the molecule is Cc1ccc(NS(=O)(=O)N2CCCC(CO)C2)cc1Br. The molecule has 112 valence electrons. The van der Waals surface area contributed by atoms with Crippen molar-refractivity contribution in [2.45, 2.75) is 19.8 Å². The van der Waals surface area contributed by atoms with Gasteiger partial charge in [0.25, 0.3) is 0 Å². The maximum Gasteiger partial charge on any atom is 0.301 e. The highest BCUT2D eigenvalue weighted by atomic mass is 79.9. The van der Waals surface area contributed by atoms with Crippen LogP contribution in [0.5, 0.6) is 0 Å². The van der Waals surface area contributed by atoms with Crippen LogP contribution < -0.4 is 4.72 Å². The first-order chi connectivity index (χ1) is 9.42. The minimum absolute atomic E-state index is 0.0299. The Labute approximate surface area is 128 Å². The number of aryl methyl sites for hydroxylation is 1. The average Bonchev–Trinajstić information content (AvgIpc) is 2.43. The molecule has 20 heavy (non-hydrogen) atoms. The van der Waals surface area contributed by atoms with Crippen LogP contribution in [-0.4, -0.2) is 37.5 Å². The van der Waals surface area contributed by atoms with Gasteiger partial charge in [0.15, 0.2) is 0 Å². The van der Waals surface area contributed by atoms with Crippen LogP contribution in [0.15, 0.2) is 22.7 Å². The summed E-state index contributed by atoms with van der Waals surface area (Å²) in [5, 5.41) is 9.18. The standard InChI is InChI=1S/C13H19BrN2O3S/c1-10-4-5-12(7-13(10)14)15-20(18,19)16-6-2-3-11(8-16)9-17/h4-5,7,11,15,17H,2-3,6,8-9H2,1H3. The highest BCUT2D eigenvalue weighted by Gasteiger charge is 2.28. The number of anilines is 1. The van der Waals surface area contributed by atoms with E-state index in [1.165, 1.54) is 4.31 Å². The molecule has 1 aromatic rings. The molecular formula is C13H19BrN2O3S. The number of aliphatic hydroxyl groups excluding tert-OH is 1. The van der Waals surface area contributed by atoms with Crippen molar-refractivity contribution in [3.05, 3.63) is 28.2 Å². The predicted octanol–water partition coefficient (Wildman–Crippen LogP) is 2.12.